The van der Waals surface area contributed by atoms with E-state index in [9.17, 15) is 31.1 Å². The third-order valence-corrected chi connectivity index (χ3v) is 4.89. The summed E-state index contributed by atoms with van der Waals surface area (Å²) in [5.74, 6) is -1.21. The van der Waals surface area contributed by atoms with Crippen LogP contribution in [0.3, 0.4) is 0 Å². The molecular formula is C17H10ClF6N5OS. The molecule has 31 heavy (non-hydrogen) atoms. The smallest absolute Gasteiger partial charge is 0.325 e. The zero-order chi connectivity index (χ0) is 22.8. The van der Waals surface area contributed by atoms with Gasteiger partial charge < -0.3 is 5.32 Å². The molecule has 1 amide bonds. The van der Waals surface area contributed by atoms with Gasteiger partial charge in [-0.2, -0.15) is 31.0 Å². The molecule has 0 saturated carbocycles. The molecule has 14 heteroatoms. The Hall–Kier alpha value is -2.80. The lowest BCUT2D eigenvalue weighted by Crippen LogP contribution is -2.17. The SMILES string of the molecule is O=C(CSc1nnnn1-c1ccc(Cl)cc1)Nc1cc(C(F)(F)F)cc(C(F)(F)F)c1. The highest BCUT2D eigenvalue weighted by molar-refractivity contribution is 7.99. The predicted molar refractivity (Wildman–Crippen MR) is 100.0 cm³/mol. The van der Waals surface area contributed by atoms with Crippen LogP contribution in [-0.4, -0.2) is 31.9 Å². The van der Waals surface area contributed by atoms with Crippen molar-refractivity contribution in [1.29, 1.82) is 0 Å². The number of carbonyl (C=O) groups excluding carboxylic acids is 1. The zero-order valence-electron chi connectivity index (χ0n) is 15.0. The molecule has 1 heterocycles. The van der Waals surface area contributed by atoms with Crippen molar-refractivity contribution in [2.75, 3.05) is 11.1 Å². The van der Waals surface area contributed by atoms with Crippen molar-refractivity contribution >= 4 is 35.0 Å². The van der Waals surface area contributed by atoms with E-state index in [0.717, 1.165) is 11.8 Å². The van der Waals surface area contributed by atoms with Crippen molar-refractivity contribution in [3.05, 3.63) is 58.6 Å². The Morgan fingerprint density at radius 3 is 2.13 bits per heavy atom. The van der Waals surface area contributed by atoms with Crippen molar-refractivity contribution in [3.8, 4) is 5.69 Å². The van der Waals surface area contributed by atoms with Gasteiger partial charge in [0.15, 0.2) is 0 Å². The van der Waals surface area contributed by atoms with Crippen molar-refractivity contribution in [3.63, 3.8) is 0 Å². The van der Waals surface area contributed by atoms with Gasteiger partial charge in [-0.25, -0.2) is 0 Å². The first-order valence-corrected chi connectivity index (χ1v) is 9.56. The maximum Gasteiger partial charge on any atom is 0.416 e. The molecule has 0 radical (unpaired) electrons. The van der Waals surface area contributed by atoms with Crippen molar-refractivity contribution in [1.82, 2.24) is 20.2 Å². The summed E-state index contributed by atoms with van der Waals surface area (Å²) >= 11 is 6.65. The van der Waals surface area contributed by atoms with Gasteiger partial charge in [0.05, 0.1) is 22.6 Å². The number of benzene rings is 2. The van der Waals surface area contributed by atoms with E-state index in [2.05, 4.69) is 15.5 Å². The van der Waals surface area contributed by atoms with E-state index >= 15 is 0 Å². The fourth-order valence-electron chi connectivity index (χ4n) is 2.37. The molecule has 2 aromatic carbocycles. The number of hydrogen-bond acceptors (Lipinski definition) is 5. The molecule has 0 saturated heterocycles. The lowest BCUT2D eigenvalue weighted by molar-refractivity contribution is -0.143. The molecule has 0 bridgehead atoms. The van der Waals surface area contributed by atoms with Gasteiger partial charge in [0.2, 0.25) is 11.1 Å². The fourth-order valence-corrected chi connectivity index (χ4v) is 3.18. The van der Waals surface area contributed by atoms with Crippen LogP contribution >= 0.6 is 23.4 Å². The van der Waals surface area contributed by atoms with Gasteiger partial charge in [0.25, 0.3) is 0 Å². The van der Waals surface area contributed by atoms with E-state index in [4.69, 9.17) is 11.6 Å². The highest BCUT2D eigenvalue weighted by atomic mass is 35.5. The number of nitrogens with one attached hydrogen (secondary N) is 1. The second kappa shape index (κ2) is 8.75. The molecule has 0 aliphatic rings. The molecule has 0 fully saturated rings. The second-order valence-electron chi connectivity index (χ2n) is 5.98. The second-order valence-corrected chi connectivity index (χ2v) is 7.36. The van der Waals surface area contributed by atoms with E-state index in [1.165, 1.54) is 4.68 Å². The lowest BCUT2D eigenvalue weighted by atomic mass is 10.1. The fraction of sp³-hybridized carbons (Fsp3) is 0.176. The summed E-state index contributed by atoms with van der Waals surface area (Å²) in [5.41, 5.74) is -3.16. The Morgan fingerprint density at radius 2 is 1.58 bits per heavy atom. The molecular weight excluding hydrogens is 472 g/mol. The maximum atomic E-state index is 12.9. The van der Waals surface area contributed by atoms with Gasteiger partial charge in [-0.15, -0.1) is 5.10 Å². The van der Waals surface area contributed by atoms with Gasteiger partial charge in [-0.3, -0.25) is 4.79 Å². The summed E-state index contributed by atoms with van der Waals surface area (Å²) in [5, 5.41) is 13.7. The quantitative estimate of drug-likeness (QED) is 0.406. The van der Waals surface area contributed by atoms with Gasteiger partial charge in [-0.1, -0.05) is 23.4 Å². The summed E-state index contributed by atoms with van der Waals surface area (Å²) in [6.07, 6.45) is -10.0. The molecule has 3 rings (SSSR count). The minimum Gasteiger partial charge on any atom is -0.325 e. The van der Waals surface area contributed by atoms with Crippen LogP contribution in [0, 0.1) is 0 Å². The maximum absolute atomic E-state index is 12.9. The number of nitrogens with zero attached hydrogens (tertiary/aromatic N) is 4. The molecule has 6 nitrogen and oxygen atoms in total. The minimum absolute atomic E-state index is 0.0231. The number of alkyl halides is 6. The van der Waals surface area contributed by atoms with Crippen LogP contribution < -0.4 is 5.32 Å². The van der Waals surface area contributed by atoms with E-state index in [1.54, 1.807) is 24.3 Å². The topological polar surface area (TPSA) is 72.7 Å². The highest BCUT2D eigenvalue weighted by Gasteiger charge is 2.37. The summed E-state index contributed by atoms with van der Waals surface area (Å²) in [6.45, 7) is 0. The number of thioether (sulfide) groups is 1. The van der Waals surface area contributed by atoms with Gasteiger partial charge in [0.1, 0.15) is 0 Å². The Bertz CT molecular complexity index is 1050. The Morgan fingerprint density at radius 1 is 1.00 bits per heavy atom. The zero-order valence-corrected chi connectivity index (χ0v) is 16.6. The average molecular weight is 482 g/mol. The number of carbonyl (C=O) groups is 1. The molecule has 0 spiro atoms. The third kappa shape index (κ3) is 5.88. The minimum atomic E-state index is -5.02. The number of tetrazole rings is 1. The Kier molecular flexibility index (Phi) is 6.46. The standard InChI is InChI=1S/C17H10ClF6N5OS/c18-11-1-3-13(4-2-11)29-15(26-27-28-29)31-8-14(30)25-12-6-9(16(19,20)21)5-10(7-12)17(22,23)24/h1-7H,8H2,(H,25,30). The summed E-state index contributed by atoms with van der Waals surface area (Å²) in [6, 6.07) is 7.24. The molecule has 0 atom stereocenters. The number of aromatic nitrogens is 4. The van der Waals surface area contributed by atoms with Crippen LogP contribution in [0.4, 0.5) is 32.0 Å². The van der Waals surface area contributed by atoms with Gasteiger partial charge in [0, 0.05) is 10.7 Å². The third-order valence-electron chi connectivity index (χ3n) is 3.72. The van der Waals surface area contributed by atoms with Crippen molar-refractivity contribution in [2.24, 2.45) is 0 Å². The monoisotopic (exact) mass is 481 g/mol. The molecule has 3 aromatic rings. The molecule has 164 valence electrons. The van der Waals surface area contributed by atoms with Crippen LogP contribution in [0.25, 0.3) is 5.69 Å². The number of hydrogen-bond donors (Lipinski definition) is 1. The number of rotatable bonds is 5. The average Bonchev–Trinajstić information content (AvgIpc) is 3.14. The van der Waals surface area contributed by atoms with Gasteiger partial charge in [-0.05, 0) is 52.9 Å². The highest BCUT2D eigenvalue weighted by Crippen LogP contribution is 2.37. The van der Waals surface area contributed by atoms with Gasteiger partial charge >= 0.3 is 12.4 Å². The van der Waals surface area contributed by atoms with Crippen LogP contribution in [-0.2, 0) is 17.1 Å². The summed E-state index contributed by atoms with van der Waals surface area (Å²) < 4.78 is 78.8. The van der Waals surface area contributed by atoms with E-state index in [0.29, 0.717) is 22.8 Å². The van der Waals surface area contributed by atoms with Crippen LogP contribution in [0.2, 0.25) is 5.02 Å². The lowest BCUT2D eigenvalue weighted by Gasteiger charge is -2.14. The normalized spacial score (nSPS) is 12.1. The number of amides is 1. The molecule has 1 aromatic heterocycles. The Balaban J connectivity index is 1.74. The van der Waals surface area contributed by atoms with E-state index in [1.807, 2.05) is 5.32 Å². The van der Waals surface area contributed by atoms with Crippen LogP contribution in [0.5, 0.6) is 0 Å². The summed E-state index contributed by atoms with van der Waals surface area (Å²) in [7, 11) is 0. The largest absolute Gasteiger partial charge is 0.416 e. The first-order chi connectivity index (χ1) is 14.4. The molecule has 1 N–H and O–H groups in total. The molecule has 0 aliphatic carbocycles. The predicted octanol–water partition coefficient (Wildman–Crippen LogP) is 5.08. The molecule has 0 aliphatic heterocycles. The number of anilines is 1. The first kappa shape index (κ1) is 22.9. The molecule has 0 unspecified atom stereocenters. The first-order valence-electron chi connectivity index (χ1n) is 8.20. The van der Waals surface area contributed by atoms with Crippen LogP contribution in [0.1, 0.15) is 11.1 Å². The Labute approximate surface area is 179 Å². The van der Waals surface area contributed by atoms with Crippen molar-refractivity contribution < 1.29 is 31.1 Å². The number of halogens is 7. The van der Waals surface area contributed by atoms with E-state index < -0.39 is 35.1 Å². The van der Waals surface area contributed by atoms with Crippen LogP contribution in [0.15, 0.2) is 47.6 Å². The van der Waals surface area contributed by atoms with E-state index in [-0.39, 0.29) is 17.0 Å². The van der Waals surface area contributed by atoms with Crippen molar-refractivity contribution in [2.45, 2.75) is 17.5 Å². The summed E-state index contributed by atoms with van der Waals surface area (Å²) in [4.78, 5) is 12.1.